The Morgan fingerprint density at radius 2 is 2.05 bits per heavy atom. The van der Waals surface area contributed by atoms with Gasteiger partial charge in [0, 0.05) is 22.6 Å². The minimum absolute atomic E-state index is 0.0824. The van der Waals surface area contributed by atoms with E-state index in [9.17, 15) is 9.59 Å². The molecule has 21 heavy (non-hydrogen) atoms. The third-order valence-corrected chi connectivity index (χ3v) is 4.26. The van der Waals surface area contributed by atoms with Gasteiger partial charge in [-0.3, -0.25) is 4.79 Å². The SMILES string of the molecule is O=C(O)COC1CCN(C(=O)c2cc(Cl)ccc2Br)CC1. The molecule has 5 nitrogen and oxygen atoms in total. The van der Waals surface area contributed by atoms with Crippen LogP contribution in [0.25, 0.3) is 0 Å². The first-order chi connectivity index (χ1) is 9.97. The van der Waals surface area contributed by atoms with Crippen LogP contribution in [0, 0.1) is 0 Å². The number of piperidine rings is 1. The fraction of sp³-hybridized carbons (Fsp3) is 0.429. The van der Waals surface area contributed by atoms with Gasteiger partial charge in [-0.05, 0) is 47.0 Å². The molecular weight excluding hydrogens is 362 g/mol. The number of halogens is 2. The molecular formula is C14H15BrClNO4. The van der Waals surface area contributed by atoms with Crippen molar-refractivity contribution in [3.05, 3.63) is 33.3 Å². The Hall–Kier alpha value is -1.11. The van der Waals surface area contributed by atoms with E-state index >= 15 is 0 Å². The van der Waals surface area contributed by atoms with Gasteiger partial charge in [0.15, 0.2) is 0 Å². The Bertz CT molecular complexity index is 544. The van der Waals surface area contributed by atoms with Gasteiger partial charge < -0.3 is 14.7 Å². The van der Waals surface area contributed by atoms with Crippen molar-refractivity contribution in [2.45, 2.75) is 18.9 Å². The molecule has 0 aromatic heterocycles. The van der Waals surface area contributed by atoms with Gasteiger partial charge in [-0.1, -0.05) is 11.6 Å². The van der Waals surface area contributed by atoms with E-state index in [1.807, 2.05) is 0 Å². The zero-order valence-corrected chi connectivity index (χ0v) is 13.6. The van der Waals surface area contributed by atoms with Gasteiger partial charge >= 0.3 is 5.97 Å². The van der Waals surface area contributed by atoms with E-state index in [4.69, 9.17) is 21.4 Å². The smallest absolute Gasteiger partial charge is 0.329 e. The van der Waals surface area contributed by atoms with Crippen LogP contribution in [-0.2, 0) is 9.53 Å². The van der Waals surface area contributed by atoms with Crippen LogP contribution in [0.1, 0.15) is 23.2 Å². The largest absolute Gasteiger partial charge is 0.480 e. The number of ether oxygens (including phenoxy) is 1. The van der Waals surface area contributed by atoms with E-state index in [-0.39, 0.29) is 18.6 Å². The Kier molecular flexibility index (Phi) is 5.61. The van der Waals surface area contributed by atoms with Crippen LogP contribution in [0.15, 0.2) is 22.7 Å². The van der Waals surface area contributed by atoms with Crippen molar-refractivity contribution in [2.75, 3.05) is 19.7 Å². The fourth-order valence-corrected chi connectivity index (χ4v) is 2.83. The second kappa shape index (κ2) is 7.24. The quantitative estimate of drug-likeness (QED) is 0.877. The first-order valence-corrected chi connectivity index (χ1v) is 7.72. The number of hydrogen-bond donors (Lipinski definition) is 1. The van der Waals surface area contributed by atoms with Gasteiger partial charge in [-0.25, -0.2) is 4.79 Å². The first-order valence-electron chi connectivity index (χ1n) is 6.55. The number of amides is 1. The first kappa shape index (κ1) is 16.3. The molecule has 0 bridgehead atoms. The summed E-state index contributed by atoms with van der Waals surface area (Å²) in [7, 11) is 0. The maximum Gasteiger partial charge on any atom is 0.329 e. The van der Waals surface area contributed by atoms with Crippen LogP contribution in [-0.4, -0.2) is 47.7 Å². The average molecular weight is 377 g/mol. The van der Waals surface area contributed by atoms with Crippen LogP contribution in [0.3, 0.4) is 0 Å². The second-order valence-electron chi connectivity index (χ2n) is 4.82. The molecule has 2 rings (SSSR count). The minimum atomic E-state index is -0.976. The average Bonchev–Trinajstić information content (AvgIpc) is 2.47. The number of carbonyl (C=O) groups excluding carboxylic acids is 1. The molecule has 1 fully saturated rings. The summed E-state index contributed by atoms with van der Waals surface area (Å²) in [5, 5.41) is 9.10. The number of likely N-dealkylation sites (tertiary alicyclic amines) is 1. The van der Waals surface area contributed by atoms with Crippen molar-refractivity contribution in [2.24, 2.45) is 0 Å². The second-order valence-corrected chi connectivity index (χ2v) is 6.11. The molecule has 0 aliphatic carbocycles. The van der Waals surface area contributed by atoms with Crippen molar-refractivity contribution in [1.29, 1.82) is 0 Å². The van der Waals surface area contributed by atoms with Gasteiger partial charge in [-0.2, -0.15) is 0 Å². The highest BCUT2D eigenvalue weighted by Gasteiger charge is 2.25. The molecule has 114 valence electrons. The molecule has 0 atom stereocenters. The van der Waals surface area contributed by atoms with Crippen molar-refractivity contribution in [1.82, 2.24) is 4.90 Å². The van der Waals surface area contributed by atoms with E-state index < -0.39 is 5.97 Å². The number of aliphatic carboxylic acids is 1. The lowest BCUT2D eigenvalue weighted by atomic mass is 10.1. The monoisotopic (exact) mass is 375 g/mol. The Morgan fingerprint density at radius 3 is 2.67 bits per heavy atom. The topological polar surface area (TPSA) is 66.8 Å². The molecule has 1 N–H and O–H groups in total. The van der Waals surface area contributed by atoms with Gasteiger partial charge in [0.2, 0.25) is 0 Å². The molecule has 1 aliphatic rings. The normalized spacial score (nSPS) is 16.0. The number of nitrogens with zero attached hydrogens (tertiary/aromatic N) is 1. The molecule has 0 spiro atoms. The molecule has 1 heterocycles. The molecule has 7 heteroatoms. The Morgan fingerprint density at radius 1 is 1.38 bits per heavy atom. The van der Waals surface area contributed by atoms with E-state index in [1.165, 1.54) is 0 Å². The lowest BCUT2D eigenvalue weighted by Gasteiger charge is -2.32. The van der Waals surface area contributed by atoms with Gasteiger partial charge in [0.25, 0.3) is 5.91 Å². The molecule has 0 radical (unpaired) electrons. The third-order valence-electron chi connectivity index (χ3n) is 3.33. The van der Waals surface area contributed by atoms with Crippen LogP contribution in [0.4, 0.5) is 0 Å². The lowest BCUT2D eigenvalue weighted by Crippen LogP contribution is -2.41. The summed E-state index contributed by atoms with van der Waals surface area (Å²) in [6, 6.07) is 5.10. The summed E-state index contributed by atoms with van der Waals surface area (Å²) in [6.45, 7) is 0.794. The summed E-state index contributed by atoms with van der Waals surface area (Å²) in [5.41, 5.74) is 0.535. The Balaban J connectivity index is 1.94. The minimum Gasteiger partial charge on any atom is -0.480 e. The predicted molar refractivity (Wildman–Crippen MR) is 81.7 cm³/mol. The van der Waals surface area contributed by atoms with Crippen molar-refractivity contribution in [3.8, 4) is 0 Å². The van der Waals surface area contributed by atoms with E-state index in [0.29, 0.717) is 41.0 Å². The summed E-state index contributed by atoms with van der Waals surface area (Å²) in [4.78, 5) is 24.6. The lowest BCUT2D eigenvalue weighted by molar-refractivity contribution is -0.145. The zero-order chi connectivity index (χ0) is 15.4. The molecule has 0 saturated carbocycles. The van der Waals surface area contributed by atoms with Crippen LogP contribution in [0.2, 0.25) is 5.02 Å². The van der Waals surface area contributed by atoms with Gasteiger partial charge in [-0.15, -0.1) is 0 Å². The maximum atomic E-state index is 12.4. The molecule has 1 amide bonds. The summed E-state index contributed by atoms with van der Waals surface area (Å²) >= 11 is 9.28. The van der Waals surface area contributed by atoms with Crippen LogP contribution >= 0.6 is 27.5 Å². The van der Waals surface area contributed by atoms with Gasteiger partial charge in [0.1, 0.15) is 6.61 Å². The van der Waals surface area contributed by atoms with Crippen molar-refractivity contribution < 1.29 is 19.4 Å². The highest BCUT2D eigenvalue weighted by Crippen LogP contribution is 2.24. The number of carboxylic acids is 1. The summed E-state index contributed by atoms with van der Waals surface area (Å²) < 4.78 is 5.96. The highest BCUT2D eigenvalue weighted by molar-refractivity contribution is 9.10. The predicted octanol–water partition coefficient (Wildman–Crippen LogP) is 2.81. The fourth-order valence-electron chi connectivity index (χ4n) is 2.25. The maximum absolute atomic E-state index is 12.4. The van der Waals surface area contributed by atoms with Crippen molar-refractivity contribution in [3.63, 3.8) is 0 Å². The number of rotatable bonds is 4. The summed E-state index contributed by atoms with van der Waals surface area (Å²) in [6.07, 6.45) is 1.17. The number of carboxylic acid groups (broad SMARTS) is 1. The third kappa shape index (κ3) is 4.43. The van der Waals surface area contributed by atoms with Crippen LogP contribution in [0.5, 0.6) is 0 Å². The molecule has 1 aliphatic heterocycles. The van der Waals surface area contributed by atoms with E-state index in [2.05, 4.69) is 15.9 Å². The number of benzene rings is 1. The van der Waals surface area contributed by atoms with Crippen LogP contribution < -0.4 is 0 Å². The van der Waals surface area contributed by atoms with Gasteiger partial charge in [0.05, 0.1) is 11.7 Å². The summed E-state index contributed by atoms with van der Waals surface area (Å²) in [5.74, 6) is -1.06. The highest BCUT2D eigenvalue weighted by atomic mass is 79.9. The number of carbonyl (C=O) groups is 2. The number of hydrogen-bond acceptors (Lipinski definition) is 3. The van der Waals surface area contributed by atoms with Crippen molar-refractivity contribution >= 4 is 39.4 Å². The molecule has 1 aromatic rings. The zero-order valence-electron chi connectivity index (χ0n) is 11.2. The van der Waals surface area contributed by atoms with E-state index in [0.717, 1.165) is 0 Å². The standard InChI is InChI=1S/C14H15BrClNO4/c15-12-2-1-9(16)7-11(12)14(20)17-5-3-10(4-6-17)21-8-13(18)19/h1-2,7,10H,3-6,8H2,(H,18,19). The Labute approximate surface area is 136 Å². The molecule has 1 aromatic carbocycles. The van der Waals surface area contributed by atoms with E-state index in [1.54, 1.807) is 23.1 Å². The molecule has 0 unspecified atom stereocenters. The molecule has 1 saturated heterocycles.